The monoisotopic (exact) mass is 260 g/mol. The van der Waals surface area contributed by atoms with E-state index in [0.29, 0.717) is 0 Å². The molecule has 1 heterocycles. The number of aryl methyl sites for hydroxylation is 1. The van der Waals surface area contributed by atoms with Crippen molar-refractivity contribution in [1.29, 1.82) is 0 Å². The molecule has 1 aliphatic heterocycles. The summed E-state index contributed by atoms with van der Waals surface area (Å²) in [5, 5.41) is 3.20. The fraction of sp³-hybridized carbons (Fsp3) is 0.562. The van der Waals surface area contributed by atoms with Gasteiger partial charge in [-0.25, -0.2) is 0 Å². The smallest absolute Gasteiger partial charge is 0.253 e. The molecule has 0 aliphatic carbocycles. The molecule has 3 heteroatoms. The molecule has 1 aliphatic rings. The zero-order valence-corrected chi connectivity index (χ0v) is 12.0. The molecule has 0 unspecified atom stereocenters. The van der Waals surface area contributed by atoms with Crippen molar-refractivity contribution >= 4 is 5.91 Å². The van der Waals surface area contributed by atoms with Gasteiger partial charge < -0.3 is 10.2 Å². The predicted molar refractivity (Wildman–Crippen MR) is 78.4 cm³/mol. The van der Waals surface area contributed by atoms with Crippen molar-refractivity contribution in [3.63, 3.8) is 0 Å². The first kappa shape index (κ1) is 14.1. The van der Waals surface area contributed by atoms with Crippen LogP contribution >= 0.6 is 0 Å². The summed E-state index contributed by atoms with van der Waals surface area (Å²) in [6, 6.07) is 7.89. The first-order valence-corrected chi connectivity index (χ1v) is 7.21. The lowest BCUT2D eigenvalue weighted by atomic mass is 9.93. The van der Waals surface area contributed by atoms with E-state index >= 15 is 0 Å². The van der Waals surface area contributed by atoms with Crippen LogP contribution in [0.4, 0.5) is 0 Å². The van der Waals surface area contributed by atoms with Gasteiger partial charge in [0.1, 0.15) is 0 Å². The predicted octanol–water partition coefficient (Wildman–Crippen LogP) is 2.46. The summed E-state index contributed by atoms with van der Waals surface area (Å²) in [5.74, 6) is 0.963. The summed E-state index contributed by atoms with van der Waals surface area (Å²) in [4.78, 5) is 14.4. The minimum Gasteiger partial charge on any atom is -0.339 e. The average Bonchev–Trinajstić information content (AvgIpc) is 2.45. The molecule has 0 atom stereocenters. The summed E-state index contributed by atoms with van der Waals surface area (Å²) in [7, 11) is 2.00. The maximum absolute atomic E-state index is 12.4. The first-order valence-electron chi connectivity index (χ1n) is 7.21. The van der Waals surface area contributed by atoms with Gasteiger partial charge in [-0.3, -0.25) is 4.79 Å². The lowest BCUT2D eigenvalue weighted by Gasteiger charge is -2.32. The highest BCUT2D eigenvalue weighted by Crippen LogP contribution is 2.21. The molecule has 1 aromatic carbocycles. The number of benzene rings is 1. The van der Waals surface area contributed by atoms with Gasteiger partial charge in [-0.1, -0.05) is 17.7 Å². The fourth-order valence-electron chi connectivity index (χ4n) is 2.73. The molecule has 2 rings (SSSR count). The summed E-state index contributed by atoms with van der Waals surface area (Å²) < 4.78 is 0. The minimum absolute atomic E-state index is 0.191. The summed E-state index contributed by atoms with van der Waals surface area (Å²) in [5.41, 5.74) is 1.98. The molecule has 104 valence electrons. The van der Waals surface area contributed by atoms with Crippen LogP contribution in [0.15, 0.2) is 24.3 Å². The Hall–Kier alpha value is -1.35. The lowest BCUT2D eigenvalue weighted by Crippen LogP contribution is -2.39. The van der Waals surface area contributed by atoms with Gasteiger partial charge in [0.25, 0.3) is 5.91 Å². The van der Waals surface area contributed by atoms with E-state index in [4.69, 9.17) is 0 Å². The second kappa shape index (κ2) is 6.71. The summed E-state index contributed by atoms with van der Waals surface area (Å²) in [6.07, 6.45) is 3.50. The molecule has 1 saturated heterocycles. The van der Waals surface area contributed by atoms with E-state index in [1.165, 1.54) is 6.42 Å². The number of carbonyl (C=O) groups excluding carboxylic acids is 1. The summed E-state index contributed by atoms with van der Waals surface area (Å²) in [6.45, 7) is 4.92. The number of piperidine rings is 1. The van der Waals surface area contributed by atoms with Gasteiger partial charge in [0, 0.05) is 18.7 Å². The summed E-state index contributed by atoms with van der Waals surface area (Å²) >= 11 is 0. The second-order valence-corrected chi connectivity index (χ2v) is 5.50. The van der Waals surface area contributed by atoms with Crippen LogP contribution in [0.2, 0.25) is 0 Å². The van der Waals surface area contributed by atoms with Crippen molar-refractivity contribution in [2.75, 3.05) is 26.7 Å². The minimum atomic E-state index is 0.191. The Morgan fingerprint density at radius 2 is 2.11 bits per heavy atom. The zero-order chi connectivity index (χ0) is 13.7. The van der Waals surface area contributed by atoms with Crippen LogP contribution in [-0.2, 0) is 0 Å². The third kappa shape index (κ3) is 3.80. The molecule has 19 heavy (non-hydrogen) atoms. The quantitative estimate of drug-likeness (QED) is 0.902. The van der Waals surface area contributed by atoms with E-state index in [2.05, 4.69) is 5.32 Å². The molecule has 1 fully saturated rings. The maximum atomic E-state index is 12.4. The van der Waals surface area contributed by atoms with Crippen LogP contribution in [0.3, 0.4) is 0 Å². The van der Waals surface area contributed by atoms with Gasteiger partial charge in [0.2, 0.25) is 0 Å². The van der Waals surface area contributed by atoms with Crippen LogP contribution in [0.5, 0.6) is 0 Å². The van der Waals surface area contributed by atoms with Crippen molar-refractivity contribution in [2.45, 2.75) is 26.2 Å². The molecule has 3 nitrogen and oxygen atoms in total. The highest BCUT2D eigenvalue weighted by atomic mass is 16.2. The molecule has 0 spiro atoms. The lowest BCUT2D eigenvalue weighted by molar-refractivity contribution is 0.0687. The molecule has 1 amide bonds. The Labute approximate surface area is 116 Å². The topological polar surface area (TPSA) is 32.3 Å². The Kier molecular flexibility index (Phi) is 4.97. The van der Waals surface area contributed by atoms with Crippen LogP contribution < -0.4 is 5.32 Å². The Bertz CT molecular complexity index is 423. The molecule has 1 aromatic rings. The molecule has 0 saturated carbocycles. The van der Waals surface area contributed by atoms with Crippen molar-refractivity contribution < 1.29 is 4.79 Å². The number of hydrogen-bond acceptors (Lipinski definition) is 2. The Balaban J connectivity index is 1.89. The number of carbonyl (C=O) groups is 1. The van der Waals surface area contributed by atoms with Gasteiger partial charge in [-0.2, -0.15) is 0 Å². The molecular formula is C16H24N2O. The van der Waals surface area contributed by atoms with Gasteiger partial charge in [0.15, 0.2) is 0 Å². The number of nitrogens with zero attached hydrogens (tertiary/aromatic N) is 1. The van der Waals surface area contributed by atoms with E-state index in [1.807, 2.05) is 43.1 Å². The highest BCUT2D eigenvalue weighted by molar-refractivity contribution is 5.94. The molecule has 0 bridgehead atoms. The highest BCUT2D eigenvalue weighted by Gasteiger charge is 2.23. The van der Waals surface area contributed by atoms with Gasteiger partial charge in [0.05, 0.1) is 0 Å². The van der Waals surface area contributed by atoms with Gasteiger partial charge >= 0.3 is 0 Å². The van der Waals surface area contributed by atoms with Crippen molar-refractivity contribution in [2.24, 2.45) is 5.92 Å². The third-order valence-electron chi connectivity index (χ3n) is 3.97. The van der Waals surface area contributed by atoms with Gasteiger partial charge in [-0.15, -0.1) is 0 Å². The zero-order valence-electron chi connectivity index (χ0n) is 12.0. The second-order valence-electron chi connectivity index (χ2n) is 5.50. The number of hydrogen-bond donors (Lipinski definition) is 1. The standard InChI is InChI=1S/C16H24N2O/c1-13-4-3-5-15(12-13)16(19)18-10-7-14(8-11-18)6-9-17-2/h3-5,12,14,17H,6-11H2,1-2H3. The van der Waals surface area contributed by atoms with E-state index < -0.39 is 0 Å². The Morgan fingerprint density at radius 1 is 1.37 bits per heavy atom. The van der Waals surface area contributed by atoms with Crippen molar-refractivity contribution in [3.8, 4) is 0 Å². The van der Waals surface area contributed by atoms with E-state index in [1.54, 1.807) is 0 Å². The van der Waals surface area contributed by atoms with Crippen molar-refractivity contribution in [1.82, 2.24) is 10.2 Å². The SMILES string of the molecule is CNCCC1CCN(C(=O)c2cccc(C)c2)CC1. The normalized spacial score (nSPS) is 16.6. The Morgan fingerprint density at radius 3 is 2.74 bits per heavy atom. The first-order chi connectivity index (χ1) is 9.20. The number of amides is 1. The van der Waals surface area contributed by atoms with Crippen LogP contribution in [0.1, 0.15) is 35.2 Å². The molecule has 1 N–H and O–H groups in total. The van der Waals surface area contributed by atoms with E-state index in [0.717, 1.165) is 49.5 Å². The average molecular weight is 260 g/mol. The third-order valence-corrected chi connectivity index (χ3v) is 3.97. The molecule has 0 aromatic heterocycles. The molecular weight excluding hydrogens is 236 g/mol. The van der Waals surface area contributed by atoms with Crippen molar-refractivity contribution in [3.05, 3.63) is 35.4 Å². The van der Waals surface area contributed by atoms with E-state index in [-0.39, 0.29) is 5.91 Å². The van der Waals surface area contributed by atoms with Crippen LogP contribution in [0, 0.1) is 12.8 Å². The number of likely N-dealkylation sites (tertiary alicyclic amines) is 1. The van der Waals surface area contributed by atoms with Crippen LogP contribution in [-0.4, -0.2) is 37.5 Å². The maximum Gasteiger partial charge on any atom is 0.253 e. The number of nitrogens with one attached hydrogen (secondary N) is 1. The van der Waals surface area contributed by atoms with Crippen LogP contribution in [0.25, 0.3) is 0 Å². The fourth-order valence-corrected chi connectivity index (χ4v) is 2.73. The largest absolute Gasteiger partial charge is 0.339 e. The van der Waals surface area contributed by atoms with Gasteiger partial charge in [-0.05, 0) is 57.8 Å². The van der Waals surface area contributed by atoms with E-state index in [9.17, 15) is 4.79 Å². The number of rotatable bonds is 4. The molecule has 0 radical (unpaired) electrons.